The first kappa shape index (κ1) is 36.5. The number of carbonyl (C=O) groups is 4. The maximum absolute atomic E-state index is 14.1. The van der Waals surface area contributed by atoms with Gasteiger partial charge in [0.05, 0.1) is 11.7 Å². The van der Waals surface area contributed by atoms with Crippen LogP contribution in [0.2, 0.25) is 0 Å². The summed E-state index contributed by atoms with van der Waals surface area (Å²) in [6.07, 6.45) is 1.76. The number of esters is 1. The van der Waals surface area contributed by atoms with Gasteiger partial charge < -0.3 is 39.5 Å². The number of piperidine rings is 1. The van der Waals surface area contributed by atoms with Crippen molar-refractivity contribution in [1.82, 2.24) is 19.7 Å². The molecule has 3 aliphatic heterocycles. The fraction of sp³-hybridized carbons (Fsp3) is 0.462. The lowest BCUT2D eigenvalue weighted by molar-refractivity contribution is -0.141. The highest BCUT2D eigenvalue weighted by Crippen LogP contribution is 2.27. The number of ether oxygens (including phenoxy) is 2. The molecule has 1 aromatic heterocycles. The van der Waals surface area contributed by atoms with Crippen molar-refractivity contribution >= 4 is 35.5 Å². The predicted octanol–water partition coefficient (Wildman–Crippen LogP) is 4.92. The number of piperazine rings is 1. The lowest BCUT2D eigenvalue weighted by Gasteiger charge is -2.39. The first-order valence-electron chi connectivity index (χ1n) is 18.1. The zero-order chi connectivity index (χ0) is 36.9. The number of anilines is 2. The molecule has 4 heterocycles. The van der Waals surface area contributed by atoms with E-state index in [0.717, 1.165) is 23.2 Å². The van der Waals surface area contributed by atoms with Gasteiger partial charge in [0.1, 0.15) is 11.6 Å². The molecule has 3 aromatic rings. The molecular weight excluding hydrogens is 664 g/mol. The van der Waals surface area contributed by atoms with Gasteiger partial charge in [-0.2, -0.15) is 0 Å². The average Bonchev–Trinajstić information content (AvgIpc) is 3.31. The maximum atomic E-state index is 14.1. The molecule has 0 bridgehead atoms. The average molecular weight is 713 g/mol. The van der Waals surface area contributed by atoms with Gasteiger partial charge in [-0.15, -0.1) is 0 Å². The molecule has 2 aromatic carbocycles. The number of hydrogen-bond donors (Lipinski definition) is 2. The summed E-state index contributed by atoms with van der Waals surface area (Å²) in [5, 5.41) is 13.4. The number of phenolic OH excluding ortho intramolecular Hbond substituents is 1. The number of hydrogen-bond acceptors (Lipinski definition) is 9. The van der Waals surface area contributed by atoms with Crippen LogP contribution in [0, 0.1) is 13.8 Å². The zero-order valence-electron chi connectivity index (χ0n) is 30.3. The molecule has 4 amide bonds. The monoisotopic (exact) mass is 712 g/mol. The summed E-state index contributed by atoms with van der Waals surface area (Å²) in [5.41, 5.74) is 4.46. The molecule has 0 aliphatic carbocycles. The van der Waals surface area contributed by atoms with Crippen molar-refractivity contribution in [3.05, 3.63) is 82.5 Å². The van der Waals surface area contributed by atoms with Crippen LogP contribution >= 0.6 is 0 Å². The minimum Gasteiger partial charge on any atom is -0.507 e. The van der Waals surface area contributed by atoms with Gasteiger partial charge in [-0.3, -0.25) is 4.79 Å². The number of likely N-dealkylation sites (tertiary alicyclic amines) is 1. The Hall–Kier alpha value is -5.33. The van der Waals surface area contributed by atoms with E-state index in [9.17, 15) is 24.3 Å². The molecule has 3 aliphatic rings. The molecule has 1 atom stereocenters. The van der Waals surface area contributed by atoms with E-state index in [1.807, 2.05) is 46.2 Å². The summed E-state index contributed by atoms with van der Waals surface area (Å²) in [6, 6.07) is 14.8. The fourth-order valence-electron chi connectivity index (χ4n) is 7.19. The van der Waals surface area contributed by atoms with Crippen molar-refractivity contribution in [2.24, 2.45) is 0 Å². The predicted molar refractivity (Wildman–Crippen MR) is 196 cm³/mol. The van der Waals surface area contributed by atoms with Crippen molar-refractivity contribution in [3.8, 4) is 5.75 Å². The quantitative estimate of drug-likeness (QED) is 0.311. The van der Waals surface area contributed by atoms with E-state index in [1.54, 1.807) is 49.6 Å². The number of phenols is 1. The van der Waals surface area contributed by atoms with Gasteiger partial charge in [0.15, 0.2) is 6.10 Å². The van der Waals surface area contributed by atoms with Gasteiger partial charge >= 0.3 is 18.1 Å². The van der Waals surface area contributed by atoms with Crippen molar-refractivity contribution in [2.45, 2.75) is 71.6 Å². The SMILES string of the molecule is Cc1cc(C[C@@H](OC(=O)N2CCC(N3CCc4ccccc4NC3=O)CC2)C(=O)N2CCN(c3ccc(C(=O)OC(C)C)cn3)CC2)cc(C)c1O. The number of rotatable bonds is 8. The van der Waals surface area contributed by atoms with Gasteiger partial charge in [-0.25, -0.2) is 19.4 Å². The number of aromatic nitrogens is 1. The second-order valence-corrected chi connectivity index (χ2v) is 14.1. The molecule has 6 rings (SSSR count). The number of pyridine rings is 1. The molecule has 13 nitrogen and oxygen atoms in total. The first-order valence-corrected chi connectivity index (χ1v) is 18.1. The van der Waals surface area contributed by atoms with Crippen LogP contribution < -0.4 is 10.2 Å². The molecule has 52 heavy (non-hydrogen) atoms. The first-order chi connectivity index (χ1) is 25.0. The van der Waals surface area contributed by atoms with Gasteiger partial charge in [-0.1, -0.05) is 30.3 Å². The molecule has 0 spiro atoms. The van der Waals surface area contributed by atoms with Crippen LogP contribution in [-0.4, -0.2) is 113 Å². The van der Waals surface area contributed by atoms with Gasteiger partial charge in [0.25, 0.3) is 5.91 Å². The highest BCUT2D eigenvalue weighted by Gasteiger charge is 2.35. The van der Waals surface area contributed by atoms with Crippen LogP contribution in [0.25, 0.3) is 0 Å². The van der Waals surface area contributed by atoms with Crippen molar-refractivity contribution in [2.75, 3.05) is 56.0 Å². The number of amides is 4. The molecule has 0 radical (unpaired) electrons. The molecular formula is C39H48N6O7. The zero-order valence-corrected chi connectivity index (χ0v) is 30.3. The number of nitrogens with one attached hydrogen (secondary N) is 1. The fourth-order valence-corrected chi connectivity index (χ4v) is 7.19. The Morgan fingerprint density at radius 3 is 2.25 bits per heavy atom. The largest absolute Gasteiger partial charge is 0.507 e. The van der Waals surface area contributed by atoms with E-state index in [0.29, 0.717) is 81.2 Å². The third kappa shape index (κ3) is 8.41. The summed E-state index contributed by atoms with van der Waals surface area (Å²) in [6.45, 7) is 10.4. The van der Waals surface area contributed by atoms with Crippen LogP contribution in [0.3, 0.4) is 0 Å². The molecule has 276 valence electrons. The van der Waals surface area contributed by atoms with Crippen molar-refractivity contribution in [1.29, 1.82) is 0 Å². The van der Waals surface area contributed by atoms with Crippen molar-refractivity contribution < 1.29 is 33.8 Å². The smallest absolute Gasteiger partial charge is 0.410 e. The van der Waals surface area contributed by atoms with Crippen molar-refractivity contribution in [3.63, 3.8) is 0 Å². The van der Waals surface area contributed by atoms with E-state index in [2.05, 4.69) is 10.3 Å². The number of para-hydroxylation sites is 1. The molecule has 0 unspecified atom stereocenters. The minimum absolute atomic E-state index is 0.0189. The summed E-state index contributed by atoms with van der Waals surface area (Å²) in [5.74, 6) is 0.177. The van der Waals surface area contributed by atoms with E-state index >= 15 is 0 Å². The lowest BCUT2D eigenvalue weighted by Crippen LogP contribution is -2.54. The maximum Gasteiger partial charge on any atom is 0.410 e. The lowest BCUT2D eigenvalue weighted by atomic mass is 10.0. The Labute approximate surface area is 304 Å². The topological polar surface area (TPSA) is 145 Å². The number of urea groups is 1. The van der Waals surface area contributed by atoms with Gasteiger partial charge in [0, 0.05) is 70.2 Å². The van der Waals surface area contributed by atoms with Crippen LogP contribution in [-0.2, 0) is 27.1 Å². The Balaban J connectivity index is 1.08. The third-order valence-electron chi connectivity index (χ3n) is 10.0. The normalized spacial score (nSPS) is 17.3. The summed E-state index contributed by atoms with van der Waals surface area (Å²) in [4.78, 5) is 64.8. The second-order valence-electron chi connectivity index (χ2n) is 14.1. The number of carbonyl (C=O) groups excluding carboxylic acids is 4. The van der Waals surface area contributed by atoms with Gasteiger partial charge in [-0.05, 0) is 87.4 Å². The number of nitrogens with zero attached hydrogens (tertiary/aromatic N) is 5. The van der Waals surface area contributed by atoms with Crippen LogP contribution in [0.1, 0.15) is 59.3 Å². The Kier molecular flexibility index (Phi) is 11.2. The number of benzene rings is 2. The second kappa shape index (κ2) is 15.9. The highest BCUT2D eigenvalue weighted by atomic mass is 16.6. The summed E-state index contributed by atoms with van der Waals surface area (Å²) >= 11 is 0. The Bertz CT molecular complexity index is 1760. The Morgan fingerprint density at radius 1 is 0.904 bits per heavy atom. The molecule has 2 fully saturated rings. The number of fused-ring (bicyclic) bond motifs is 1. The van der Waals surface area contributed by atoms with E-state index in [-0.39, 0.29) is 36.3 Å². The Morgan fingerprint density at radius 2 is 1.60 bits per heavy atom. The van der Waals surface area contributed by atoms with E-state index in [1.165, 1.54) is 6.20 Å². The van der Waals surface area contributed by atoms with E-state index in [4.69, 9.17) is 9.47 Å². The summed E-state index contributed by atoms with van der Waals surface area (Å²) < 4.78 is 11.3. The molecule has 13 heteroatoms. The van der Waals surface area contributed by atoms with Crippen LogP contribution in [0.15, 0.2) is 54.7 Å². The minimum atomic E-state index is -1.07. The van der Waals surface area contributed by atoms with Crippen LogP contribution in [0.5, 0.6) is 5.75 Å². The highest BCUT2D eigenvalue weighted by molar-refractivity contribution is 5.91. The number of aryl methyl sites for hydroxylation is 2. The molecule has 0 saturated carbocycles. The van der Waals surface area contributed by atoms with Crippen LogP contribution in [0.4, 0.5) is 21.1 Å². The number of aromatic hydroxyl groups is 1. The third-order valence-corrected chi connectivity index (χ3v) is 10.0. The van der Waals surface area contributed by atoms with E-state index < -0.39 is 18.2 Å². The summed E-state index contributed by atoms with van der Waals surface area (Å²) in [7, 11) is 0. The van der Waals surface area contributed by atoms with Gasteiger partial charge in [0.2, 0.25) is 0 Å². The molecule has 2 N–H and O–H groups in total. The molecule has 2 saturated heterocycles. The standard InChI is InChI=1S/C39H48N6O7/c1-25(2)51-37(48)30-9-10-34(40-24-30)42-17-19-43(20-18-42)36(47)33(23-28-21-26(3)35(46)27(4)22-28)52-39(50)44-14-12-31(13-15-44)45-16-11-29-7-5-6-8-32(29)41-38(45)49/h5-10,21-22,24-25,31,33,46H,11-20,23H2,1-4H3,(H,41,49)/t33-/m1/s1.